The Morgan fingerprint density at radius 3 is 2.53 bits per heavy atom. The SMILES string of the molecule is COC(=O)c1cc(Cl)ccc1NC(=O)C(C)(C)CCl. The maximum Gasteiger partial charge on any atom is 0.340 e. The van der Waals surface area contributed by atoms with Crippen LogP contribution in [0.25, 0.3) is 0 Å². The Kier molecular flexibility index (Phi) is 5.20. The standard InChI is InChI=1S/C13H15Cl2NO3/c1-13(2,7-14)12(18)16-10-5-4-8(15)6-9(10)11(17)19-3/h4-6H,7H2,1-3H3,(H,16,18). The predicted octanol–water partition coefficient (Wildman–Crippen LogP) is 3.33. The fourth-order valence-electron chi connectivity index (χ4n) is 1.26. The molecule has 0 aliphatic heterocycles. The van der Waals surface area contributed by atoms with Gasteiger partial charge in [-0.25, -0.2) is 4.79 Å². The third kappa shape index (κ3) is 3.85. The number of rotatable bonds is 4. The summed E-state index contributed by atoms with van der Waals surface area (Å²) in [7, 11) is 1.26. The minimum Gasteiger partial charge on any atom is -0.465 e. The molecule has 6 heteroatoms. The highest BCUT2D eigenvalue weighted by Crippen LogP contribution is 2.25. The summed E-state index contributed by atoms with van der Waals surface area (Å²) in [5.41, 5.74) is -0.192. The second-order valence-electron chi connectivity index (χ2n) is 4.65. The highest BCUT2D eigenvalue weighted by Gasteiger charge is 2.27. The predicted molar refractivity (Wildman–Crippen MR) is 75.9 cm³/mol. The Morgan fingerprint density at radius 1 is 1.37 bits per heavy atom. The highest BCUT2D eigenvalue weighted by atomic mass is 35.5. The number of carbonyl (C=O) groups excluding carboxylic acids is 2. The summed E-state index contributed by atoms with van der Waals surface area (Å²) >= 11 is 11.6. The van der Waals surface area contributed by atoms with Crippen LogP contribution in [0.2, 0.25) is 5.02 Å². The third-order valence-electron chi connectivity index (χ3n) is 2.58. The van der Waals surface area contributed by atoms with Crippen LogP contribution in [-0.4, -0.2) is 24.9 Å². The van der Waals surface area contributed by atoms with Gasteiger partial charge in [0.2, 0.25) is 5.91 Å². The van der Waals surface area contributed by atoms with Crippen molar-refractivity contribution in [1.82, 2.24) is 0 Å². The topological polar surface area (TPSA) is 55.4 Å². The number of carbonyl (C=O) groups is 2. The van der Waals surface area contributed by atoms with Crippen molar-refractivity contribution in [2.24, 2.45) is 5.41 Å². The maximum absolute atomic E-state index is 12.0. The second-order valence-corrected chi connectivity index (χ2v) is 5.36. The Balaban J connectivity index is 3.08. The van der Waals surface area contributed by atoms with E-state index in [9.17, 15) is 9.59 Å². The summed E-state index contributed by atoms with van der Waals surface area (Å²) in [6, 6.07) is 4.57. The molecule has 0 atom stereocenters. The molecule has 1 amide bonds. The Labute approximate surface area is 122 Å². The molecule has 0 heterocycles. The lowest BCUT2D eigenvalue weighted by Crippen LogP contribution is -2.32. The molecular formula is C13H15Cl2NO3. The molecule has 0 saturated carbocycles. The first kappa shape index (κ1) is 15.8. The fraction of sp³-hybridized carbons (Fsp3) is 0.385. The van der Waals surface area contributed by atoms with Gasteiger partial charge in [-0.1, -0.05) is 11.6 Å². The molecule has 19 heavy (non-hydrogen) atoms. The average molecular weight is 304 g/mol. The van der Waals surface area contributed by atoms with Gasteiger partial charge < -0.3 is 10.1 Å². The lowest BCUT2D eigenvalue weighted by Gasteiger charge is -2.21. The van der Waals surface area contributed by atoms with E-state index in [0.717, 1.165) is 0 Å². The van der Waals surface area contributed by atoms with Gasteiger partial charge in [-0.05, 0) is 32.0 Å². The summed E-state index contributed by atoms with van der Waals surface area (Å²) in [4.78, 5) is 23.7. The van der Waals surface area contributed by atoms with Gasteiger partial charge in [0.1, 0.15) is 0 Å². The Morgan fingerprint density at radius 2 is 2.00 bits per heavy atom. The van der Waals surface area contributed by atoms with Gasteiger partial charge in [0.15, 0.2) is 0 Å². The van der Waals surface area contributed by atoms with E-state index in [2.05, 4.69) is 10.1 Å². The molecule has 1 rings (SSSR count). The zero-order valence-electron chi connectivity index (χ0n) is 10.9. The van der Waals surface area contributed by atoms with Crippen LogP contribution in [0.15, 0.2) is 18.2 Å². The number of benzene rings is 1. The molecule has 0 aliphatic carbocycles. The summed E-state index contributed by atoms with van der Waals surface area (Å²) in [5.74, 6) is -0.684. The minimum absolute atomic E-state index is 0.167. The van der Waals surface area contributed by atoms with Crippen LogP contribution in [0.5, 0.6) is 0 Å². The smallest absolute Gasteiger partial charge is 0.340 e. The quantitative estimate of drug-likeness (QED) is 0.685. The van der Waals surface area contributed by atoms with E-state index in [1.807, 2.05) is 0 Å². The van der Waals surface area contributed by atoms with E-state index in [4.69, 9.17) is 23.2 Å². The number of hydrogen-bond acceptors (Lipinski definition) is 3. The Bertz CT molecular complexity index is 501. The number of ether oxygens (including phenoxy) is 1. The molecule has 104 valence electrons. The first-order valence-electron chi connectivity index (χ1n) is 5.57. The van der Waals surface area contributed by atoms with Crippen molar-refractivity contribution < 1.29 is 14.3 Å². The number of methoxy groups -OCH3 is 1. The van der Waals surface area contributed by atoms with Crippen LogP contribution in [0.1, 0.15) is 24.2 Å². The van der Waals surface area contributed by atoms with Gasteiger partial charge in [-0.2, -0.15) is 0 Å². The normalized spacial score (nSPS) is 11.0. The molecule has 1 N–H and O–H groups in total. The van der Waals surface area contributed by atoms with Gasteiger partial charge in [0.25, 0.3) is 0 Å². The third-order valence-corrected chi connectivity index (χ3v) is 3.49. The van der Waals surface area contributed by atoms with E-state index >= 15 is 0 Å². The van der Waals surface area contributed by atoms with E-state index in [-0.39, 0.29) is 17.4 Å². The van der Waals surface area contributed by atoms with Gasteiger partial charge in [0, 0.05) is 10.9 Å². The molecule has 0 aromatic heterocycles. The van der Waals surface area contributed by atoms with Gasteiger partial charge >= 0.3 is 5.97 Å². The van der Waals surface area contributed by atoms with Crippen molar-refractivity contribution >= 4 is 40.8 Å². The number of alkyl halides is 1. The van der Waals surface area contributed by atoms with Crippen LogP contribution in [0, 0.1) is 5.41 Å². The number of halogens is 2. The summed E-state index contributed by atoms with van der Waals surface area (Å²) in [5, 5.41) is 3.05. The molecule has 0 saturated heterocycles. The first-order valence-corrected chi connectivity index (χ1v) is 6.48. The molecule has 0 spiro atoms. The van der Waals surface area contributed by atoms with Crippen LogP contribution < -0.4 is 5.32 Å². The molecule has 0 bridgehead atoms. The van der Waals surface area contributed by atoms with E-state index in [0.29, 0.717) is 10.7 Å². The average Bonchev–Trinajstić information content (AvgIpc) is 2.39. The molecule has 0 unspecified atom stereocenters. The molecule has 0 aliphatic rings. The summed E-state index contributed by atoms with van der Waals surface area (Å²) in [6.07, 6.45) is 0. The molecule has 0 fully saturated rings. The maximum atomic E-state index is 12.0. The number of amides is 1. The van der Waals surface area contributed by atoms with Gasteiger partial charge in [-0.3, -0.25) is 4.79 Å². The fourth-order valence-corrected chi connectivity index (χ4v) is 1.55. The zero-order chi connectivity index (χ0) is 14.6. The molecule has 1 aromatic carbocycles. The van der Waals surface area contributed by atoms with Crippen LogP contribution in [0.4, 0.5) is 5.69 Å². The molecule has 0 radical (unpaired) electrons. The second kappa shape index (κ2) is 6.26. The van der Waals surface area contributed by atoms with Crippen molar-refractivity contribution in [3.63, 3.8) is 0 Å². The summed E-state index contributed by atoms with van der Waals surface area (Å²) < 4.78 is 4.65. The van der Waals surface area contributed by atoms with Crippen LogP contribution in [-0.2, 0) is 9.53 Å². The lowest BCUT2D eigenvalue weighted by molar-refractivity contribution is -0.122. The van der Waals surface area contributed by atoms with Crippen molar-refractivity contribution in [2.75, 3.05) is 18.3 Å². The molecule has 1 aromatic rings. The van der Waals surface area contributed by atoms with Gasteiger partial charge in [-0.15, -0.1) is 11.6 Å². The minimum atomic E-state index is -0.741. The van der Waals surface area contributed by atoms with E-state index < -0.39 is 11.4 Å². The number of anilines is 1. The number of hydrogen-bond donors (Lipinski definition) is 1. The number of nitrogens with one attached hydrogen (secondary N) is 1. The van der Waals surface area contributed by atoms with Crippen molar-refractivity contribution in [3.8, 4) is 0 Å². The largest absolute Gasteiger partial charge is 0.465 e. The molecular weight excluding hydrogens is 289 g/mol. The lowest BCUT2D eigenvalue weighted by atomic mass is 9.95. The zero-order valence-corrected chi connectivity index (χ0v) is 12.4. The number of esters is 1. The van der Waals surface area contributed by atoms with Crippen molar-refractivity contribution in [1.29, 1.82) is 0 Å². The van der Waals surface area contributed by atoms with E-state index in [1.54, 1.807) is 26.0 Å². The monoisotopic (exact) mass is 303 g/mol. The van der Waals surface area contributed by atoms with Crippen molar-refractivity contribution in [2.45, 2.75) is 13.8 Å². The van der Waals surface area contributed by atoms with Crippen molar-refractivity contribution in [3.05, 3.63) is 28.8 Å². The Hall–Kier alpha value is -1.26. The van der Waals surface area contributed by atoms with Gasteiger partial charge in [0.05, 0.1) is 23.8 Å². The first-order chi connectivity index (χ1) is 8.81. The van der Waals surface area contributed by atoms with Crippen LogP contribution in [0.3, 0.4) is 0 Å². The van der Waals surface area contributed by atoms with E-state index in [1.165, 1.54) is 13.2 Å². The summed E-state index contributed by atoms with van der Waals surface area (Å²) in [6.45, 7) is 3.42. The van der Waals surface area contributed by atoms with Crippen LogP contribution >= 0.6 is 23.2 Å². The molecule has 4 nitrogen and oxygen atoms in total. The highest BCUT2D eigenvalue weighted by molar-refractivity contribution is 6.31.